The molecule has 19 heteroatoms. The van der Waals surface area contributed by atoms with Gasteiger partial charge in [0.15, 0.2) is 16.9 Å². The normalized spacial score (nSPS) is 12.7. The maximum Gasteiger partial charge on any atom is 0.469 e. The first-order valence-electron chi connectivity index (χ1n) is 17.4. The predicted molar refractivity (Wildman–Crippen MR) is 197 cm³/mol. The lowest BCUT2D eigenvalue weighted by molar-refractivity contribution is -0.641. The molecule has 4 aromatic rings. The van der Waals surface area contributed by atoms with Crippen LogP contribution in [0.2, 0.25) is 0 Å². The van der Waals surface area contributed by atoms with Crippen LogP contribution in [-0.2, 0) is 41.7 Å². The Kier molecular flexibility index (Phi) is 16.7. The third kappa shape index (κ3) is 12.7. The number of nitrogens with zero attached hydrogens (tertiary/aromatic N) is 2. The van der Waals surface area contributed by atoms with Crippen molar-refractivity contribution in [2.45, 2.75) is 57.2 Å². The van der Waals surface area contributed by atoms with Crippen LogP contribution in [0.3, 0.4) is 0 Å². The lowest BCUT2D eigenvalue weighted by atomic mass is 9.83. The number of carboxylic acid groups (broad SMARTS) is 3. The van der Waals surface area contributed by atoms with Gasteiger partial charge in [-0.15, -0.1) is 0 Å². The molecule has 0 aliphatic carbocycles. The first-order valence-corrected chi connectivity index (χ1v) is 17.4. The summed E-state index contributed by atoms with van der Waals surface area (Å²) in [6.45, 7) is 3.24. The molecule has 0 bridgehead atoms. The van der Waals surface area contributed by atoms with E-state index in [1.165, 1.54) is 0 Å². The molecule has 2 unspecified atom stereocenters. The van der Waals surface area contributed by atoms with Gasteiger partial charge in [0.25, 0.3) is 0 Å². The highest BCUT2D eigenvalue weighted by molar-refractivity contribution is 6.14. The molecular formula is C40H37F4N3O12. The van der Waals surface area contributed by atoms with E-state index < -0.39 is 99.0 Å². The SMILES string of the molecule is CC(C)C[C@@H](C(=O)N[C@@H](Cc1ccccc1)C(=O)O)N(C(=O)OCc1ccccc1)[N+](=O)[O-].O=C(O)C(C(=O)C(C(=O)O)c1c(F)cccc1F)c1c(F)cccc1F. The van der Waals surface area contributed by atoms with Crippen LogP contribution in [0.25, 0.3) is 0 Å². The monoisotopic (exact) mass is 827 g/mol. The van der Waals surface area contributed by atoms with Crippen molar-refractivity contribution in [1.29, 1.82) is 0 Å². The Morgan fingerprint density at radius 1 is 0.678 bits per heavy atom. The van der Waals surface area contributed by atoms with Crippen molar-refractivity contribution in [3.63, 3.8) is 0 Å². The summed E-state index contributed by atoms with van der Waals surface area (Å²) in [5.41, 5.74) is -1.15. The van der Waals surface area contributed by atoms with Crippen LogP contribution in [0.1, 0.15) is 54.4 Å². The Balaban J connectivity index is 0.000000324. The maximum atomic E-state index is 13.9. The van der Waals surface area contributed by atoms with Crippen molar-refractivity contribution in [2.24, 2.45) is 5.92 Å². The lowest BCUT2D eigenvalue weighted by Crippen LogP contribution is -2.56. The van der Waals surface area contributed by atoms with E-state index in [-0.39, 0.29) is 30.4 Å². The third-order valence-corrected chi connectivity index (χ3v) is 8.40. The fourth-order valence-electron chi connectivity index (χ4n) is 5.69. The average Bonchev–Trinajstić information content (AvgIpc) is 3.16. The molecule has 4 N–H and O–H groups in total. The second-order valence-electron chi connectivity index (χ2n) is 13.1. The molecule has 4 rings (SSSR count). The zero-order valence-corrected chi connectivity index (χ0v) is 31.2. The summed E-state index contributed by atoms with van der Waals surface area (Å²) in [6, 6.07) is 18.8. The molecule has 15 nitrogen and oxygen atoms in total. The summed E-state index contributed by atoms with van der Waals surface area (Å²) in [5.74, 6) is -19.3. The van der Waals surface area contributed by atoms with Crippen molar-refractivity contribution in [3.05, 3.63) is 153 Å². The van der Waals surface area contributed by atoms with Crippen LogP contribution in [-0.4, -0.2) is 73.1 Å². The first-order chi connectivity index (χ1) is 27.8. The highest BCUT2D eigenvalue weighted by Crippen LogP contribution is 2.33. The van der Waals surface area contributed by atoms with Crippen molar-refractivity contribution in [3.8, 4) is 0 Å². The number of carboxylic acids is 3. The number of carbonyl (C=O) groups is 6. The highest BCUT2D eigenvalue weighted by atomic mass is 19.1. The third-order valence-electron chi connectivity index (χ3n) is 8.40. The van der Waals surface area contributed by atoms with Gasteiger partial charge in [0.2, 0.25) is 5.91 Å². The van der Waals surface area contributed by atoms with E-state index in [2.05, 4.69) is 5.32 Å². The molecule has 0 radical (unpaired) electrons. The minimum absolute atomic E-state index is 0.0206. The molecule has 0 heterocycles. The van der Waals surface area contributed by atoms with E-state index in [1.807, 2.05) is 0 Å². The number of halogens is 4. The number of nitrogens with one attached hydrogen (secondary N) is 1. The summed E-state index contributed by atoms with van der Waals surface area (Å²) in [4.78, 5) is 84.4. The van der Waals surface area contributed by atoms with Gasteiger partial charge in [-0.3, -0.25) is 19.2 Å². The standard InChI is InChI=1S/C23H27N3O7.C17H10F4O5/c1-16(2)13-20(21(27)24-19(22(28)29)14-17-9-5-3-6-10-17)25(26(31)32)23(30)33-15-18-11-7-4-8-12-18;18-7-3-1-4-8(19)11(7)13(16(23)24)15(22)14(17(25)26)12-9(20)5-2-6-10(12)21/h3-12,16,19-20H,13-15H2,1-2H3,(H,24,27)(H,28,29);1-6,13-14H,(H,23,24)(H,25,26)/t19-,20-;/m0./s1. The smallest absolute Gasteiger partial charge is 0.469 e. The second-order valence-corrected chi connectivity index (χ2v) is 13.1. The Hall–Kier alpha value is -7.18. The van der Waals surface area contributed by atoms with Gasteiger partial charge in [0.05, 0.1) is 0 Å². The summed E-state index contributed by atoms with van der Waals surface area (Å²) >= 11 is 0. The van der Waals surface area contributed by atoms with Crippen LogP contribution in [0.15, 0.2) is 97.1 Å². The molecule has 0 spiro atoms. The number of aliphatic carboxylic acids is 3. The van der Waals surface area contributed by atoms with Gasteiger partial charge in [-0.05, 0) is 52.7 Å². The number of nitro groups is 1. The highest BCUT2D eigenvalue weighted by Gasteiger charge is 2.44. The number of rotatable bonds is 17. The van der Waals surface area contributed by atoms with Gasteiger partial charge in [-0.2, -0.15) is 0 Å². The molecule has 59 heavy (non-hydrogen) atoms. The molecule has 0 aromatic heterocycles. The van der Waals surface area contributed by atoms with Crippen molar-refractivity contribution >= 4 is 35.7 Å². The van der Waals surface area contributed by atoms with E-state index in [4.69, 9.17) is 4.74 Å². The van der Waals surface area contributed by atoms with E-state index in [1.54, 1.807) is 74.5 Å². The summed E-state index contributed by atoms with van der Waals surface area (Å²) in [5, 5.41) is 41.2. The quantitative estimate of drug-likeness (QED) is 0.0423. The summed E-state index contributed by atoms with van der Waals surface area (Å²) in [7, 11) is 0. The number of benzene rings is 4. The maximum absolute atomic E-state index is 13.9. The van der Waals surface area contributed by atoms with Gasteiger partial charge in [-0.1, -0.05) is 86.6 Å². The lowest BCUT2D eigenvalue weighted by Gasteiger charge is -2.25. The fraction of sp³-hybridized carbons (Fsp3) is 0.250. The second kappa shape index (κ2) is 21.4. The Labute approximate surface area is 333 Å². The van der Waals surface area contributed by atoms with Crippen molar-refractivity contribution in [1.82, 2.24) is 10.3 Å². The fourth-order valence-corrected chi connectivity index (χ4v) is 5.69. The molecular weight excluding hydrogens is 790 g/mol. The average molecular weight is 828 g/mol. The van der Waals surface area contributed by atoms with Crippen molar-refractivity contribution < 1.29 is 71.4 Å². The van der Waals surface area contributed by atoms with E-state index in [9.17, 15) is 71.8 Å². The summed E-state index contributed by atoms with van der Waals surface area (Å²) < 4.78 is 60.6. The van der Waals surface area contributed by atoms with Crippen LogP contribution in [0.4, 0.5) is 22.4 Å². The van der Waals surface area contributed by atoms with Gasteiger partial charge in [0, 0.05) is 17.5 Å². The van der Waals surface area contributed by atoms with E-state index in [0.717, 1.165) is 12.1 Å². The molecule has 4 aromatic carbocycles. The Morgan fingerprint density at radius 3 is 1.47 bits per heavy atom. The number of Topliss-reactive ketones (excluding diaryl/α,β-unsaturated/α-hetero) is 1. The molecule has 0 aliphatic rings. The number of carbonyl (C=O) groups excluding carboxylic acids is 3. The molecule has 312 valence electrons. The summed E-state index contributed by atoms with van der Waals surface area (Å²) in [6.07, 6.45) is -1.39. The molecule has 2 amide bonds. The van der Waals surface area contributed by atoms with E-state index >= 15 is 0 Å². The molecule has 0 saturated carbocycles. The van der Waals surface area contributed by atoms with Crippen LogP contribution >= 0.6 is 0 Å². The topological polar surface area (TPSA) is 231 Å². The number of hydrogen-bond acceptors (Lipinski definition) is 9. The number of ketones is 1. The van der Waals surface area contributed by atoms with Crippen molar-refractivity contribution in [2.75, 3.05) is 0 Å². The minimum Gasteiger partial charge on any atom is -0.480 e. The van der Waals surface area contributed by atoms with Gasteiger partial charge in [0.1, 0.15) is 47.8 Å². The molecule has 0 aliphatic heterocycles. The minimum atomic E-state index is -2.61. The molecule has 4 atom stereocenters. The van der Waals surface area contributed by atoms with Gasteiger partial charge in [-0.25, -0.2) is 37.3 Å². The zero-order valence-electron chi connectivity index (χ0n) is 31.2. The van der Waals surface area contributed by atoms with Gasteiger partial charge >= 0.3 is 24.0 Å². The Bertz CT molecular complexity index is 2050. The zero-order chi connectivity index (χ0) is 44.0. The van der Waals surface area contributed by atoms with Gasteiger partial charge < -0.3 is 25.4 Å². The number of hydrogen-bond donors (Lipinski definition) is 4. The number of ether oxygens (including phenoxy) is 1. The van der Waals surface area contributed by atoms with Crippen LogP contribution in [0, 0.1) is 39.3 Å². The van der Waals surface area contributed by atoms with Crippen LogP contribution < -0.4 is 5.32 Å². The number of hydrazine groups is 1. The molecule has 0 saturated heterocycles. The predicted octanol–water partition coefficient (Wildman–Crippen LogP) is 5.89. The van der Waals surface area contributed by atoms with E-state index in [0.29, 0.717) is 35.4 Å². The first kappa shape index (κ1) is 46.2. The Morgan fingerprint density at radius 2 is 1.10 bits per heavy atom. The van der Waals surface area contributed by atoms with Crippen LogP contribution in [0.5, 0.6) is 0 Å². The largest absolute Gasteiger partial charge is 0.480 e. The molecule has 0 fully saturated rings. The number of amides is 2.